The van der Waals surface area contributed by atoms with E-state index in [4.69, 9.17) is 11.0 Å². The molecule has 96 valence electrons. The normalized spacial score (nSPS) is 10.6. The Labute approximate surface area is 111 Å². The molecule has 0 saturated heterocycles. The molecule has 0 amide bonds. The topological polar surface area (TPSA) is 87.1 Å². The summed E-state index contributed by atoms with van der Waals surface area (Å²) in [5.41, 5.74) is 7.24. The second-order valence-corrected chi connectivity index (χ2v) is 4.24. The molecule has 0 spiro atoms. The van der Waals surface area contributed by atoms with Crippen molar-refractivity contribution in [1.29, 1.82) is 5.26 Å². The maximum Gasteiger partial charge on any atom is 0.205 e. The van der Waals surface area contributed by atoms with Crippen molar-refractivity contribution in [2.45, 2.75) is 0 Å². The zero-order valence-corrected chi connectivity index (χ0v) is 10.2. The first kappa shape index (κ1) is 12.9. The molecule has 2 rings (SSSR count). The van der Waals surface area contributed by atoms with Crippen LogP contribution in [0.4, 0.5) is 19.7 Å². The molecule has 0 aliphatic rings. The van der Waals surface area contributed by atoms with Crippen molar-refractivity contribution in [3.05, 3.63) is 40.3 Å². The largest absolute Gasteiger partial charge is 0.383 e. The van der Waals surface area contributed by atoms with Crippen LogP contribution in [0, 0.1) is 23.0 Å². The maximum atomic E-state index is 13.6. The number of nitriles is 1. The summed E-state index contributed by atoms with van der Waals surface area (Å²) in [4.78, 5) is 3.85. The average Bonchev–Trinajstić information content (AvgIpc) is 2.79. The van der Waals surface area contributed by atoms with Crippen LogP contribution < -0.4 is 11.2 Å². The average molecular weight is 279 g/mol. The number of hydrogen-bond acceptors (Lipinski definition) is 6. The molecule has 0 atom stereocenters. The van der Waals surface area contributed by atoms with Crippen LogP contribution in [-0.2, 0) is 0 Å². The Morgan fingerprint density at radius 2 is 2.26 bits per heavy atom. The Kier molecular flexibility index (Phi) is 3.68. The molecule has 8 heteroatoms. The number of rotatable bonds is 3. The third kappa shape index (κ3) is 2.83. The second kappa shape index (κ2) is 5.41. The first-order valence-electron chi connectivity index (χ1n) is 5.00. The van der Waals surface area contributed by atoms with Gasteiger partial charge in [-0.1, -0.05) is 0 Å². The van der Waals surface area contributed by atoms with Crippen LogP contribution in [-0.4, -0.2) is 11.2 Å². The molecule has 1 heterocycles. The third-order valence-corrected chi connectivity index (χ3v) is 2.89. The molecule has 3 N–H and O–H groups in total. The Hall–Kier alpha value is -2.53. The van der Waals surface area contributed by atoms with Gasteiger partial charge in [0.05, 0.1) is 17.3 Å². The summed E-state index contributed by atoms with van der Waals surface area (Å²) in [5.74, 6) is -1.43. The van der Waals surface area contributed by atoms with Gasteiger partial charge in [0.25, 0.3) is 0 Å². The molecule has 1 aromatic carbocycles. The van der Waals surface area contributed by atoms with E-state index >= 15 is 0 Å². The summed E-state index contributed by atoms with van der Waals surface area (Å²) < 4.78 is 27.0. The van der Waals surface area contributed by atoms with Crippen LogP contribution in [0.15, 0.2) is 22.6 Å². The van der Waals surface area contributed by atoms with Gasteiger partial charge >= 0.3 is 0 Å². The number of hydrogen-bond donors (Lipinski definition) is 2. The highest BCUT2D eigenvalue weighted by atomic mass is 32.1. The number of halogens is 2. The smallest absolute Gasteiger partial charge is 0.205 e. The number of hydrazone groups is 1. The monoisotopic (exact) mass is 279 g/mol. The molecule has 0 fully saturated rings. The fourth-order valence-corrected chi connectivity index (χ4v) is 1.81. The van der Waals surface area contributed by atoms with Gasteiger partial charge in [0.15, 0.2) is 5.82 Å². The minimum atomic E-state index is -0.952. The fourth-order valence-electron chi connectivity index (χ4n) is 1.26. The molecule has 0 radical (unpaired) electrons. The van der Waals surface area contributed by atoms with Gasteiger partial charge in [-0.25, -0.2) is 13.8 Å². The number of nitrogen functional groups attached to an aromatic ring is 1. The zero-order valence-electron chi connectivity index (χ0n) is 9.39. The first-order valence-corrected chi connectivity index (χ1v) is 5.88. The summed E-state index contributed by atoms with van der Waals surface area (Å²) in [5, 5.41) is 14.3. The van der Waals surface area contributed by atoms with Crippen molar-refractivity contribution < 1.29 is 8.78 Å². The lowest BCUT2D eigenvalue weighted by Gasteiger charge is -2.00. The van der Waals surface area contributed by atoms with Crippen molar-refractivity contribution in [3.63, 3.8) is 0 Å². The number of nitrogens with two attached hydrogens (primary N) is 1. The highest BCUT2D eigenvalue weighted by molar-refractivity contribution is 7.14. The standard InChI is InChI=1S/C11H7F2N5S/c12-8-2-1-6(3-14)10(13)7(8)4-16-18-11-17-9(15)5-19-11/h1-2,4-5H,15H2,(H,17,18). The lowest BCUT2D eigenvalue weighted by Crippen LogP contribution is -1.99. The van der Waals surface area contributed by atoms with Gasteiger partial charge in [-0.3, -0.25) is 5.43 Å². The van der Waals surface area contributed by atoms with Gasteiger partial charge in [-0.05, 0) is 12.1 Å². The zero-order chi connectivity index (χ0) is 13.8. The van der Waals surface area contributed by atoms with Crippen LogP contribution in [0.25, 0.3) is 0 Å². The number of anilines is 2. The van der Waals surface area contributed by atoms with Gasteiger partial charge in [0.1, 0.15) is 17.7 Å². The third-order valence-electron chi connectivity index (χ3n) is 2.12. The summed E-state index contributed by atoms with van der Waals surface area (Å²) >= 11 is 1.20. The van der Waals surface area contributed by atoms with E-state index in [1.165, 1.54) is 11.3 Å². The molecule has 0 aliphatic carbocycles. The van der Waals surface area contributed by atoms with E-state index in [1.807, 2.05) is 0 Å². The number of benzene rings is 1. The maximum absolute atomic E-state index is 13.6. The number of nitrogens with zero attached hydrogens (tertiary/aromatic N) is 3. The Bertz CT molecular complexity index is 674. The molecule has 5 nitrogen and oxygen atoms in total. The van der Waals surface area contributed by atoms with Gasteiger partial charge in [0, 0.05) is 5.38 Å². The van der Waals surface area contributed by atoms with Crippen molar-refractivity contribution in [1.82, 2.24) is 4.98 Å². The Morgan fingerprint density at radius 1 is 1.47 bits per heavy atom. The predicted octanol–water partition coefficient (Wildman–Crippen LogP) is 2.32. The SMILES string of the molecule is N#Cc1ccc(F)c(C=NNc2nc(N)cs2)c1F. The number of thiazole rings is 1. The van der Waals surface area contributed by atoms with E-state index in [0.717, 1.165) is 18.3 Å². The summed E-state index contributed by atoms with van der Waals surface area (Å²) in [6, 6.07) is 3.69. The molecular weight excluding hydrogens is 272 g/mol. The van der Waals surface area contributed by atoms with E-state index in [-0.39, 0.29) is 5.56 Å². The van der Waals surface area contributed by atoms with Gasteiger partial charge in [-0.15, -0.1) is 11.3 Å². The molecule has 19 heavy (non-hydrogen) atoms. The van der Waals surface area contributed by atoms with Crippen LogP contribution >= 0.6 is 11.3 Å². The van der Waals surface area contributed by atoms with Gasteiger partial charge in [-0.2, -0.15) is 10.4 Å². The lowest BCUT2D eigenvalue weighted by atomic mass is 10.1. The molecule has 0 aliphatic heterocycles. The highest BCUT2D eigenvalue weighted by Gasteiger charge is 2.11. The minimum Gasteiger partial charge on any atom is -0.383 e. The Morgan fingerprint density at radius 3 is 2.89 bits per heavy atom. The first-order chi connectivity index (χ1) is 9.11. The number of aromatic nitrogens is 1. The molecular formula is C11H7F2N5S. The number of nitrogens with one attached hydrogen (secondary N) is 1. The molecule has 0 unspecified atom stereocenters. The van der Waals surface area contributed by atoms with E-state index in [9.17, 15) is 8.78 Å². The van der Waals surface area contributed by atoms with E-state index in [0.29, 0.717) is 10.9 Å². The van der Waals surface area contributed by atoms with E-state index in [2.05, 4.69) is 15.5 Å². The summed E-state index contributed by atoms with van der Waals surface area (Å²) in [6.07, 6.45) is 0.948. The van der Waals surface area contributed by atoms with Gasteiger partial charge < -0.3 is 5.73 Å². The quantitative estimate of drug-likeness (QED) is 0.666. The Balaban J connectivity index is 2.21. The van der Waals surface area contributed by atoms with Crippen LogP contribution in [0.2, 0.25) is 0 Å². The van der Waals surface area contributed by atoms with E-state index < -0.39 is 17.2 Å². The summed E-state index contributed by atoms with van der Waals surface area (Å²) in [6.45, 7) is 0. The molecule has 0 saturated carbocycles. The minimum absolute atomic E-state index is 0.249. The molecule has 2 aromatic rings. The molecule has 0 bridgehead atoms. The van der Waals surface area contributed by atoms with Crippen molar-refractivity contribution >= 4 is 28.5 Å². The van der Waals surface area contributed by atoms with Crippen LogP contribution in [0.1, 0.15) is 11.1 Å². The van der Waals surface area contributed by atoms with Crippen molar-refractivity contribution in [3.8, 4) is 6.07 Å². The van der Waals surface area contributed by atoms with Crippen LogP contribution in [0.3, 0.4) is 0 Å². The van der Waals surface area contributed by atoms with Crippen LogP contribution in [0.5, 0.6) is 0 Å². The second-order valence-electron chi connectivity index (χ2n) is 3.38. The summed E-state index contributed by atoms with van der Waals surface area (Å²) in [7, 11) is 0. The van der Waals surface area contributed by atoms with Crippen molar-refractivity contribution in [2.75, 3.05) is 11.2 Å². The van der Waals surface area contributed by atoms with Crippen molar-refractivity contribution in [2.24, 2.45) is 5.10 Å². The molecule has 1 aromatic heterocycles. The lowest BCUT2D eigenvalue weighted by molar-refractivity contribution is 0.578. The predicted molar refractivity (Wildman–Crippen MR) is 68.8 cm³/mol. The van der Waals surface area contributed by atoms with E-state index in [1.54, 1.807) is 11.4 Å². The van der Waals surface area contributed by atoms with Gasteiger partial charge in [0.2, 0.25) is 5.13 Å². The highest BCUT2D eigenvalue weighted by Crippen LogP contribution is 2.17. The fraction of sp³-hybridized carbons (Fsp3) is 0.